The summed E-state index contributed by atoms with van der Waals surface area (Å²) in [7, 11) is 1.68. The summed E-state index contributed by atoms with van der Waals surface area (Å²) >= 11 is 0. The topological polar surface area (TPSA) is 99.1 Å². The Hall–Kier alpha value is -3.22. The molecule has 34 heavy (non-hydrogen) atoms. The van der Waals surface area contributed by atoms with Gasteiger partial charge >= 0.3 is 5.97 Å². The van der Waals surface area contributed by atoms with E-state index in [1.54, 1.807) is 7.05 Å². The second kappa shape index (κ2) is 11.3. The number of amides is 2. The Balaban J connectivity index is 1.94. The van der Waals surface area contributed by atoms with Crippen molar-refractivity contribution in [1.29, 1.82) is 0 Å². The molecule has 0 saturated heterocycles. The quantitative estimate of drug-likeness (QED) is 0.415. The van der Waals surface area contributed by atoms with Gasteiger partial charge in [0.05, 0.1) is 16.8 Å². The summed E-state index contributed by atoms with van der Waals surface area (Å²) < 4.78 is 0. The number of nitrogens with zero attached hydrogens (tertiary/aromatic N) is 2. The number of hydrogen-bond donors (Lipinski definition) is 2. The van der Waals surface area contributed by atoms with Gasteiger partial charge < -0.3 is 15.3 Å². The fraction of sp³-hybridized carbons (Fsp3) is 0.481. The molecule has 1 unspecified atom stereocenters. The number of carbonyl (C=O) groups excluding carboxylic acids is 2. The zero-order chi connectivity index (χ0) is 24.7. The van der Waals surface area contributed by atoms with Crippen LogP contribution in [-0.4, -0.2) is 41.8 Å². The van der Waals surface area contributed by atoms with Gasteiger partial charge in [0.1, 0.15) is 0 Å². The fourth-order valence-corrected chi connectivity index (χ4v) is 5.06. The van der Waals surface area contributed by atoms with E-state index in [0.29, 0.717) is 0 Å². The molecular weight excluding hydrogens is 430 g/mol. The van der Waals surface area contributed by atoms with E-state index in [2.05, 4.69) is 18.5 Å². The number of anilines is 1. The summed E-state index contributed by atoms with van der Waals surface area (Å²) in [5.41, 5.74) is 1.18. The van der Waals surface area contributed by atoms with Crippen LogP contribution in [-0.2, 0) is 14.4 Å². The second-order valence-corrected chi connectivity index (χ2v) is 9.34. The van der Waals surface area contributed by atoms with E-state index in [1.165, 1.54) is 29.9 Å². The van der Waals surface area contributed by atoms with Gasteiger partial charge in [-0.25, -0.2) is 0 Å². The molecule has 1 fully saturated rings. The maximum Gasteiger partial charge on any atom is 0.310 e. The Kier molecular flexibility index (Phi) is 8.42. The lowest BCUT2D eigenvalue weighted by molar-refractivity contribution is -0.151. The van der Waals surface area contributed by atoms with Crippen molar-refractivity contribution >= 4 is 29.2 Å². The molecule has 7 heteroatoms. The number of hydrogen-bond acceptors (Lipinski definition) is 4. The van der Waals surface area contributed by atoms with Crippen LogP contribution in [0, 0.1) is 11.3 Å². The summed E-state index contributed by atoms with van der Waals surface area (Å²) in [4.78, 5) is 44.8. The third kappa shape index (κ3) is 5.46. The Bertz CT molecular complexity index is 966. The minimum atomic E-state index is -1.36. The van der Waals surface area contributed by atoms with Gasteiger partial charge in [0.15, 0.2) is 0 Å². The maximum atomic E-state index is 13.3. The molecule has 1 aromatic rings. The summed E-state index contributed by atoms with van der Waals surface area (Å²) in [5.74, 6) is -1.77. The van der Waals surface area contributed by atoms with Gasteiger partial charge in [-0.3, -0.25) is 19.4 Å². The van der Waals surface area contributed by atoms with E-state index in [4.69, 9.17) is 4.99 Å². The van der Waals surface area contributed by atoms with Gasteiger partial charge in [-0.2, -0.15) is 0 Å². The van der Waals surface area contributed by atoms with E-state index in [1.807, 2.05) is 24.3 Å². The highest BCUT2D eigenvalue weighted by Gasteiger charge is 2.40. The molecule has 0 spiro atoms. The summed E-state index contributed by atoms with van der Waals surface area (Å²) in [6.45, 7) is 7.30. The van der Waals surface area contributed by atoms with Crippen molar-refractivity contribution in [2.45, 2.75) is 64.0 Å². The molecule has 0 bridgehead atoms. The zero-order valence-corrected chi connectivity index (χ0v) is 20.0. The van der Waals surface area contributed by atoms with Crippen LogP contribution in [0.3, 0.4) is 0 Å². The minimum Gasteiger partial charge on any atom is -0.481 e. The molecule has 3 rings (SSSR count). The lowest BCUT2D eigenvalue weighted by atomic mass is 9.78. The third-order valence-corrected chi connectivity index (χ3v) is 6.94. The number of benzene rings is 1. The van der Waals surface area contributed by atoms with Crippen LogP contribution in [0.1, 0.15) is 63.4 Å². The molecule has 1 saturated carbocycles. The number of likely N-dealkylation sites (N-methyl/N-ethyl adjacent to an activating group) is 1. The van der Waals surface area contributed by atoms with Crippen LogP contribution in [0.25, 0.3) is 0 Å². The van der Waals surface area contributed by atoms with Gasteiger partial charge in [-0.15, -0.1) is 13.2 Å². The van der Waals surface area contributed by atoms with Crippen molar-refractivity contribution in [3.8, 4) is 0 Å². The van der Waals surface area contributed by atoms with Gasteiger partial charge in [-0.1, -0.05) is 56.0 Å². The molecule has 2 N–H and O–H groups in total. The van der Waals surface area contributed by atoms with Crippen LogP contribution in [0.4, 0.5) is 5.69 Å². The predicted molar refractivity (Wildman–Crippen MR) is 134 cm³/mol. The standard InChI is InChI=1S/C27H35N3O4/c1-4-16-27(17-5-2,26(33)34)18-22(31)28-24-25(32)30(3)21-15-11-10-14-20(21)23(29-24)19-12-8-6-7-9-13-19/h4-5,10-11,14-15,19,24H,1-2,6-9,12-13,16-18H2,3H3,(H,28,31)(H,33,34). The maximum absolute atomic E-state index is 13.3. The summed E-state index contributed by atoms with van der Waals surface area (Å²) in [6.07, 6.45) is 8.39. The van der Waals surface area contributed by atoms with Crippen LogP contribution < -0.4 is 10.2 Å². The van der Waals surface area contributed by atoms with Crippen molar-refractivity contribution < 1.29 is 19.5 Å². The number of carboxylic acid groups (broad SMARTS) is 1. The van der Waals surface area contributed by atoms with Crippen molar-refractivity contribution in [3.05, 3.63) is 55.1 Å². The first-order valence-corrected chi connectivity index (χ1v) is 12.0. The molecule has 1 heterocycles. The Morgan fingerprint density at radius 1 is 1.15 bits per heavy atom. The first-order valence-electron chi connectivity index (χ1n) is 12.0. The van der Waals surface area contributed by atoms with Gasteiger partial charge in [-0.05, 0) is 31.7 Å². The molecule has 1 atom stereocenters. The second-order valence-electron chi connectivity index (χ2n) is 9.34. The molecule has 1 aliphatic heterocycles. The summed E-state index contributed by atoms with van der Waals surface area (Å²) in [6, 6.07) is 7.70. The van der Waals surface area contributed by atoms with Crippen LogP contribution in [0.2, 0.25) is 0 Å². The number of carbonyl (C=O) groups is 3. The first kappa shape index (κ1) is 25.4. The number of nitrogens with one attached hydrogen (secondary N) is 1. The van der Waals surface area contributed by atoms with Crippen molar-refractivity contribution in [2.75, 3.05) is 11.9 Å². The smallest absolute Gasteiger partial charge is 0.310 e. The first-order chi connectivity index (χ1) is 16.3. The van der Waals surface area contributed by atoms with Crippen molar-refractivity contribution in [3.63, 3.8) is 0 Å². The number of benzodiazepines with no additional fused rings is 1. The average Bonchev–Trinajstić information content (AvgIpc) is 3.14. The summed E-state index contributed by atoms with van der Waals surface area (Å²) in [5, 5.41) is 12.6. The molecular formula is C27H35N3O4. The largest absolute Gasteiger partial charge is 0.481 e. The Morgan fingerprint density at radius 2 is 1.76 bits per heavy atom. The molecule has 2 amide bonds. The minimum absolute atomic E-state index is 0.113. The third-order valence-electron chi connectivity index (χ3n) is 6.94. The molecule has 1 aromatic carbocycles. The lowest BCUT2D eigenvalue weighted by Gasteiger charge is -2.27. The number of carboxylic acids is 1. The monoisotopic (exact) mass is 465 g/mol. The highest BCUT2D eigenvalue weighted by atomic mass is 16.4. The highest BCUT2D eigenvalue weighted by molar-refractivity contribution is 6.13. The molecule has 0 aromatic heterocycles. The number of para-hydroxylation sites is 1. The van der Waals surface area contributed by atoms with E-state index in [-0.39, 0.29) is 31.1 Å². The number of rotatable bonds is 9. The van der Waals surface area contributed by atoms with E-state index < -0.39 is 23.5 Å². The average molecular weight is 466 g/mol. The van der Waals surface area contributed by atoms with Crippen LogP contribution in [0.5, 0.6) is 0 Å². The number of allylic oxidation sites excluding steroid dienone is 2. The van der Waals surface area contributed by atoms with E-state index in [0.717, 1.165) is 42.6 Å². The molecule has 2 aliphatic rings. The lowest BCUT2D eigenvalue weighted by Crippen LogP contribution is -2.48. The zero-order valence-electron chi connectivity index (χ0n) is 20.0. The van der Waals surface area contributed by atoms with E-state index >= 15 is 0 Å². The van der Waals surface area contributed by atoms with Gasteiger partial charge in [0.2, 0.25) is 12.1 Å². The highest BCUT2D eigenvalue weighted by Crippen LogP contribution is 2.34. The molecule has 7 nitrogen and oxygen atoms in total. The Morgan fingerprint density at radius 3 is 2.35 bits per heavy atom. The van der Waals surface area contributed by atoms with Gasteiger partial charge in [0, 0.05) is 24.9 Å². The number of aliphatic imine (C=N–C) groups is 1. The van der Waals surface area contributed by atoms with Crippen LogP contribution >= 0.6 is 0 Å². The van der Waals surface area contributed by atoms with Crippen LogP contribution in [0.15, 0.2) is 54.6 Å². The molecule has 0 radical (unpaired) electrons. The normalized spacial score (nSPS) is 19.3. The van der Waals surface area contributed by atoms with Crippen molar-refractivity contribution in [1.82, 2.24) is 5.32 Å². The predicted octanol–water partition coefficient (Wildman–Crippen LogP) is 4.48. The van der Waals surface area contributed by atoms with E-state index in [9.17, 15) is 19.5 Å². The fourth-order valence-electron chi connectivity index (χ4n) is 5.06. The van der Waals surface area contributed by atoms with Gasteiger partial charge in [0.25, 0.3) is 5.91 Å². The Labute approximate surface area is 201 Å². The molecule has 1 aliphatic carbocycles. The van der Waals surface area contributed by atoms with Crippen molar-refractivity contribution in [2.24, 2.45) is 16.3 Å². The molecule has 182 valence electrons. The SMILES string of the molecule is C=CCC(CC=C)(CC(=O)NC1N=C(C2CCCCCC2)c2ccccc2N(C)C1=O)C(=O)O. The number of aliphatic carboxylic acids is 1. The number of fused-ring (bicyclic) bond motifs is 1.